The summed E-state index contributed by atoms with van der Waals surface area (Å²) in [6.45, 7) is -0.257. The zero-order valence-corrected chi connectivity index (χ0v) is 10.6. The third-order valence-corrected chi connectivity index (χ3v) is 3.14. The second-order valence-electron chi connectivity index (χ2n) is 4.17. The maximum absolute atomic E-state index is 11.7. The van der Waals surface area contributed by atoms with E-state index in [9.17, 15) is 14.7 Å². The van der Waals surface area contributed by atoms with Gasteiger partial charge in [-0.1, -0.05) is 0 Å². The summed E-state index contributed by atoms with van der Waals surface area (Å²) in [4.78, 5) is 24.9. The molecular weight excluding hydrogens is 256 g/mol. The Balaban J connectivity index is 2.38. The zero-order chi connectivity index (χ0) is 14.0. The Kier molecular flexibility index (Phi) is 4.15. The van der Waals surface area contributed by atoms with Crippen LogP contribution in [0.3, 0.4) is 0 Å². The molecule has 2 rings (SSSR count). The number of nitrogens with zero attached hydrogens (tertiary/aromatic N) is 1. The van der Waals surface area contributed by atoms with Gasteiger partial charge in [0.05, 0.1) is 6.61 Å². The first-order valence-corrected chi connectivity index (χ1v) is 5.75. The van der Waals surface area contributed by atoms with Gasteiger partial charge in [0.2, 0.25) is 0 Å². The molecule has 0 amide bonds. The average Bonchev–Trinajstić information content (AvgIpc) is 2.76. The van der Waals surface area contributed by atoms with Crippen molar-refractivity contribution in [2.45, 2.75) is 24.5 Å². The quantitative estimate of drug-likeness (QED) is 0.688. The molecule has 0 unspecified atom stereocenters. The van der Waals surface area contributed by atoms with Crippen LogP contribution < -0.4 is 11.2 Å². The third kappa shape index (κ3) is 2.47. The fourth-order valence-electron chi connectivity index (χ4n) is 2.24. The molecule has 1 aromatic rings. The highest BCUT2D eigenvalue weighted by Crippen LogP contribution is 2.31. The molecule has 4 atom stereocenters. The molecule has 1 saturated heterocycles. The second-order valence-corrected chi connectivity index (χ2v) is 4.17. The number of methoxy groups -OCH3 is 2. The highest BCUT2D eigenvalue weighted by Gasteiger charge is 2.46. The largest absolute Gasteiger partial charge is 0.394 e. The number of H-pyrrole nitrogens is 1. The van der Waals surface area contributed by atoms with Gasteiger partial charge in [-0.3, -0.25) is 14.3 Å². The van der Waals surface area contributed by atoms with Gasteiger partial charge in [0.15, 0.2) is 6.23 Å². The summed E-state index contributed by atoms with van der Waals surface area (Å²) in [5, 5.41) is 9.25. The van der Waals surface area contributed by atoms with E-state index in [1.54, 1.807) is 0 Å². The molecule has 8 nitrogen and oxygen atoms in total. The number of rotatable bonds is 4. The summed E-state index contributed by atoms with van der Waals surface area (Å²) >= 11 is 0. The molecule has 19 heavy (non-hydrogen) atoms. The van der Waals surface area contributed by atoms with Gasteiger partial charge in [-0.25, -0.2) is 4.79 Å². The van der Waals surface area contributed by atoms with Crippen molar-refractivity contribution in [1.29, 1.82) is 0 Å². The number of hydrogen-bond donors (Lipinski definition) is 2. The SMILES string of the molecule is CO[C@@H]1[C@H](OC)[C@@H](CO)O[C@H]1n1ccc(=O)[nH]c1=O. The molecule has 1 aliphatic rings. The molecule has 1 fully saturated rings. The van der Waals surface area contributed by atoms with Gasteiger partial charge in [0, 0.05) is 26.5 Å². The average molecular weight is 272 g/mol. The molecular formula is C11H16N2O6. The topological polar surface area (TPSA) is 103 Å². The molecule has 1 aromatic heterocycles. The van der Waals surface area contributed by atoms with Crippen molar-refractivity contribution in [2.75, 3.05) is 20.8 Å². The van der Waals surface area contributed by atoms with Crippen molar-refractivity contribution in [3.63, 3.8) is 0 Å². The number of aromatic nitrogens is 2. The molecule has 0 spiro atoms. The van der Waals surface area contributed by atoms with Gasteiger partial charge in [0.1, 0.15) is 18.3 Å². The first-order chi connectivity index (χ1) is 9.12. The van der Waals surface area contributed by atoms with Crippen molar-refractivity contribution in [3.05, 3.63) is 33.1 Å². The lowest BCUT2D eigenvalue weighted by atomic mass is 10.1. The van der Waals surface area contributed by atoms with E-state index >= 15 is 0 Å². The fraction of sp³-hybridized carbons (Fsp3) is 0.636. The highest BCUT2D eigenvalue weighted by atomic mass is 16.6. The van der Waals surface area contributed by atoms with Gasteiger partial charge in [-0.05, 0) is 0 Å². The molecule has 106 valence electrons. The lowest BCUT2D eigenvalue weighted by Crippen LogP contribution is -2.39. The van der Waals surface area contributed by atoms with Gasteiger partial charge in [-0.15, -0.1) is 0 Å². The lowest BCUT2D eigenvalue weighted by molar-refractivity contribution is -0.0625. The number of aromatic amines is 1. The first-order valence-electron chi connectivity index (χ1n) is 5.75. The molecule has 0 bridgehead atoms. The van der Waals surface area contributed by atoms with Crippen LogP contribution in [0.5, 0.6) is 0 Å². The predicted molar refractivity (Wildman–Crippen MR) is 63.9 cm³/mol. The van der Waals surface area contributed by atoms with Crippen molar-refractivity contribution < 1.29 is 19.3 Å². The summed E-state index contributed by atoms with van der Waals surface area (Å²) < 4.78 is 17.3. The van der Waals surface area contributed by atoms with Crippen LogP contribution in [0.1, 0.15) is 6.23 Å². The Morgan fingerprint density at radius 2 is 2.05 bits per heavy atom. The van der Waals surface area contributed by atoms with Crippen LogP contribution in [0, 0.1) is 0 Å². The third-order valence-electron chi connectivity index (χ3n) is 3.14. The summed E-state index contributed by atoms with van der Waals surface area (Å²) in [6, 6.07) is 1.21. The highest BCUT2D eigenvalue weighted by molar-refractivity contribution is 4.94. The maximum atomic E-state index is 11.7. The van der Waals surface area contributed by atoms with Crippen LogP contribution in [0.15, 0.2) is 21.9 Å². The van der Waals surface area contributed by atoms with E-state index in [0.29, 0.717) is 0 Å². The molecule has 2 heterocycles. The predicted octanol–water partition coefficient (Wildman–Crippen LogP) is -1.54. The number of nitrogens with one attached hydrogen (secondary N) is 1. The second kappa shape index (κ2) is 5.66. The fourth-order valence-corrected chi connectivity index (χ4v) is 2.24. The van der Waals surface area contributed by atoms with Crippen molar-refractivity contribution in [1.82, 2.24) is 9.55 Å². The van der Waals surface area contributed by atoms with E-state index in [4.69, 9.17) is 14.2 Å². The van der Waals surface area contributed by atoms with E-state index in [-0.39, 0.29) is 6.61 Å². The Hall–Kier alpha value is -1.48. The lowest BCUT2D eigenvalue weighted by Gasteiger charge is -2.21. The number of ether oxygens (including phenoxy) is 3. The van der Waals surface area contributed by atoms with Crippen LogP contribution in [-0.4, -0.2) is 53.8 Å². The summed E-state index contributed by atoms with van der Waals surface area (Å²) in [7, 11) is 2.93. The molecule has 0 saturated carbocycles. The Morgan fingerprint density at radius 3 is 2.58 bits per heavy atom. The van der Waals surface area contributed by atoms with Crippen LogP contribution >= 0.6 is 0 Å². The summed E-state index contributed by atoms with van der Waals surface area (Å²) in [5.74, 6) is 0. The van der Waals surface area contributed by atoms with Crippen molar-refractivity contribution in [3.8, 4) is 0 Å². The van der Waals surface area contributed by atoms with E-state index in [0.717, 1.165) is 0 Å². The standard InChI is InChI=1S/C11H16N2O6/c1-17-8-6(5-14)19-10(9(8)18-2)13-4-3-7(15)12-11(13)16/h3-4,6,8-10,14H,5H2,1-2H3,(H,12,15,16)/t6-,8-,9-,10-/m1/s1. The van der Waals surface area contributed by atoms with Gasteiger partial charge in [0.25, 0.3) is 5.56 Å². The number of aliphatic hydroxyl groups is 1. The molecule has 0 aromatic carbocycles. The van der Waals surface area contributed by atoms with Gasteiger partial charge < -0.3 is 19.3 Å². The van der Waals surface area contributed by atoms with Gasteiger partial charge >= 0.3 is 5.69 Å². The summed E-state index contributed by atoms with van der Waals surface area (Å²) in [6.07, 6.45) is -1.11. The van der Waals surface area contributed by atoms with E-state index in [1.807, 2.05) is 0 Å². The maximum Gasteiger partial charge on any atom is 0.330 e. The molecule has 0 aliphatic carbocycles. The molecule has 1 aliphatic heterocycles. The van der Waals surface area contributed by atoms with E-state index < -0.39 is 35.8 Å². The Labute approximate surface area is 108 Å². The van der Waals surface area contributed by atoms with Crippen LogP contribution in [0.25, 0.3) is 0 Å². The molecule has 0 radical (unpaired) electrons. The smallest absolute Gasteiger partial charge is 0.330 e. The Morgan fingerprint density at radius 1 is 1.37 bits per heavy atom. The normalized spacial score (nSPS) is 30.7. The first kappa shape index (κ1) is 13.9. The van der Waals surface area contributed by atoms with Crippen LogP contribution in [0.4, 0.5) is 0 Å². The van der Waals surface area contributed by atoms with E-state index in [2.05, 4.69) is 4.98 Å². The number of aliphatic hydroxyl groups excluding tert-OH is 1. The minimum Gasteiger partial charge on any atom is -0.394 e. The monoisotopic (exact) mass is 272 g/mol. The van der Waals surface area contributed by atoms with Crippen LogP contribution in [-0.2, 0) is 14.2 Å². The number of hydrogen-bond acceptors (Lipinski definition) is 6. The van der Waals surface area contributed by atoms with Crippen molar-refractivity contribution in [2.24, 2.45) is 0 Å². The van der Waals surface area contributed by atoms with Gasteiger partial charge in [-0.2, -0.15) is 0 Å². The minimum atomic E-state index is -0.767. The van der Waals surface area contributed by atoms with Crippen LogP contribution in [0.2, 0.25) is 0 Å². The minimum absolute atomic E-state index is 0.257. The summed E-state index contributed by atoms with van der Waals surface area (Å²) in [5.41, 5.74) is -1.09. The van der Waals surface area contributed by atoms with Crippen molar-refractivity contribution >= 4 is 0 Å². The molecule has 2 N–H and O–H groups in total. The van der Waals surface area contributed by atoms with E-state index in [1.165, 1.54) is 31.0 Å². The molecule has 8 heteroatoms. The zero-order valence-electron chi connectivity index (χ0n) is 10.6. The Bertz CT molecular complexity index is 538.